The van der Waals surface area contributed by atoms with E-state index in [-0.39, 0.29) is 17.4 Å². The quantitative estimate of drug-likeness (QED) is 0.870. The van der Waals surface area contributed by atoms with Crippen LogP contribution in [-0.4, -0.2) is 33.7 Å². The highest BCUT2D eigenvalue weighted by Crippen LogP contribution is 2.22. The summed E-state index contributed by atoms with van der Waals surface area (Å²) in [6, 6.07) is 6.07. The first-order chi connectivity index (χ1) is 10.4. The van der Waals surface area contributed by atoms with Crippen LogP contribution in [0.15, 0.2) is 29.2 Å². The van der Waals surface area contributed by atoms with Gasteiger partial charge in [-0.15, -0.1) is 0 Å². The molecule has 122 valence electrons. The molecule has 5 nitrogen and oxygen atoms in total. The summed E-state index contributed by atoms with van der Waals surface area (Å²) < 4.78 is 28.1. The summed E-state index contributed by atoms with van der Waals surface area (Å²) in [5.41, 5.74) is 0. The van der Waals surface area contributed by atoms with Crippen LogP contribution in [0.3, 0.4) is 0 Å². The van der Waals surface area contributed by atoms with Crippen molar-refractivity contribution in [2.45, 2.75) is 37.0 Å². The predicted octanol–water partition coefficient (Wildman–Crippen LogP) is 2.17. The van der Waals surface area contributed by atoms with E-state index in [2.05, 4.69) is 5.32 Å². The minimum absolute atomic E-state index is 0.0507. The van der Waals surface area contributed by atoms with Crippen LogP contribution in [0.5, 0.6) is 5.75 Å². The van der Waals surface area contributed by atoms with Crippen LogP contribution in [0, 0.1) is 5.92 Å². The third-order valence-corrected chi connectivity index (χ3v) is 5.06. The summed E-state index contributed by atoms with van der Waals surface area (Å²) in [6.07, 6.45) is 7.34. The Hall–Kier alpha value is -1.56. The smallest absolute Gasteiger partial charge is 0.257 e. The second-order valence-corrected chi connectivity index (χ2v) is 7.86. The molecule has 1 aromatic carbocycles. The monoisotopic (exact) mass is 325 g/mol. The molecule has 0 atom stereocenters. The summed E-state index contributed by atoms with van der Waals surface area (Å²) >= 11 is 0. The summed E-state index contributed by atoms with van der Waals surface area (Å²) in [7, 11) is -3.21. The number of rotatable bonds is 6. The van der Waals surface area contributed by atoms with E-state index < -0.39 is 9.84 Å². The molecule has 0 heterocycles. The molecule has 0 bridgehead atoms. The Balaban J connectivity index is 1.73. The number of hydrogen-bond acceptors (Lipinski definition) is 4. The first kappa shape index (κ1) is 16.8. The molecule has 1 aliphatic rings. The number of ether oxygens (including phenoxy) is 1. The van der Waals surface area contributed by atoms with Gasteiger partial charge in [0.1, 0.15) is 5.75 Å². The van der Waals surface area contributed by atoms with E-state index in [1.54, 1.807) is 12.1 Å². The van der Waals surface area contributed by atoms with Gasteiger partial charge in [-0.25, -0.2) is 8.42 Å². The Labute approximate surface area is 132 Å². The van der Waals surface area contributed by atoms with Gasteiger partial charge in [0.15, 0.2) is 16.4 Å². The third-order valence-electron chi connectivity index (χ3n) is 3.93. The molecular weight excluding hydrogens is 302 g/mol. The van der Waals surface area contributed by atoms with Crippen LogP contribution in [0.1, 0.15) is 32.1 Å². The van der Waals surface area contributed by atoms with Crippen LogP contribution in [0.4, 0.5) is 0 Å². The fourth-order valence-electron chi connectivity index (χ4n) is 2.63. The van der Waals surface area contributed by atoms with Gasteiger partial charge in [0.05, 0.1) is 4.90 Å². The highest BCUT2D eigenvalue weighted by Gasteiger charge is 2.14. The lowest BCUT2D eigenvalue weighted by Crippen LogP contribution is -2.33. The van der Waals surface area contributed by atoms with Crippen LogP contribution >= 0.6 is 0 Å². The molecule has 22 heavy (non-hydrogen) atoms. The van der Waals surface area contributed by atoms with Crippen molar-refractivity contribution in [1.29, 1.82) is 0 Å². The first-order valence-electron chi connectivity index (χ1n) is 7.65. The standard InChI is InChI=1S/C16H23NO4S/c1-22(19,20)15-9-7-14(8-10-15)21-12-16(18)17-11-13-5-3-2-4-6-13/h7-10,13H,2-6,11-12H2,1H3,(H,17,18). The molecule has 0 radical (unpaired) electrons. The lowest BCUT2D eigenvalue weighted by Gasteiger charge is -2.21. The van der Waals surface area contributed by atoms with Gasteiger partial charge >= 0.3 is 0 Å². The molecule has 1 amide bonds. The Morgan fingerprint density at radius 2 is 1.82 bits per heavy atom. The van der Waals surface area contributed by atoms with Gasteiger partial charge in [-0.2, -0.15) is 0 Å². The van der Waals surface area contributed by atoms with Gasteiger partial charge in [-0.3, -0.25) is 4.79 Å². The van der Waals surface area contributed by atoms with Gasteiger partial charge in [0.2, 0.25) is 0 Å². The number of carbonyl (C=O) groups excluding carboxylic acids is 1. The van der Waals surface area contributed by atoms with E-state index in [9.17, 15) is 13.2 Å². The Kier molecular flexibility index (Phi) is 5.83. The average Bonchev–Trinajstić information content (AvgIpc) is 2.51. The van der Waals surface area contributed by atoms with Crippen molar-refractivity contribution < 1.29 is 17.9 Å². The van der Waals surface area contributed by atoms with Crippen molar-refractivity contribution in [3.63, 3.8) is 0 Å². The molecule has 6 heteroatoms. The maximum absolute atomic E-state index is 11.8. The van der Waals surface area contributed by atoms with E-state index in [4.69, 9.17) is 4.74 Å². The van der Waals surface area contributed by atoms with Gasteiger partial charge in [0, 0.05) is 12.8 Å². The molecule has 1 N–H and O–H groups in total. The minimum atomic E-state index is -3.21. The zero-order valence-electron chi connectivity index (χ0n) is 12.9. The average molecular weight is 325 g/mol. The summed E-state index contributed by atoms with van der Waals surface area (Å²) in [5.74, 6) is 0.935. The number of hydrogen-bond donors (Lipinski definition) is 1. The second kappa shape index (κ2) is 7.63. The number of benzene rings is 1. The normalized spacial score (nSPS) is 16.2. The maximum atomic E-state index is 11.8. The zero-order chi connectivity index (χ0) is 16.0. The van der Waals surface area contributed by atoms with Crippen LogP contribution < -0.4 is 10.1 Å². The fourth-order valence-corrected chi connectivity index (χ4v) is 3.26. The minimum Gasteiger partial charge on any atom is -0.484 e. The maximum Gasteiger partial charge on any atom is 0.257 e. The molecular formula is C16H23NO4S. The van der Waals surface area contributed by atoms with Gasteiger partial charge in [0.25, 0.3) is 5.91 Å². The molecule has 0 aromatic heterocycles. The summed E-state index contributed by atoms with van der Waals surface area (Å²) in [4.78, 5) is 12.0. The van der Waals surface area contributed by atoms with Crippen molar-refractivity contribution in [2.75, 3.05) is 19.4 Å². The molecule has 1 aromatic rings. The highest BCUT2D eigenvalue weighted by molar-refractivity contribution is 7.90. The molecule has 0 aliphatic heterocycles. The zero-order valence-corrected chi connectivity index (χ0v) is 13.7. The lowest BCUT2D eigenvalue weighted by molar-refractivity contribution is -0.123. The number of amides is 1. The van der Waals surface area contributed by atoms with Crippen molar-refractivity contribution in [3.05, 3.63) is 24.3 Å². The largest absolute Gasteiger partial charge is 0.484 e. The highest BCUT2D eigenvalue weighted by atomic mass is 32.2. The van der Waals surface area contributed by atoms with E-state index in [1.165, 1.54) is 44.2 Å². The fraction of sp³-hybridized carbons (Fsp3) is 0.562. The predicted molar refractivity (Wildman–Crippen MR) is 84.6 cm³/mol. The van der Waals surface area contributed by atoms with Crippen molar-refractivity contribution in [3.8, 4) is 5.75 Å². The Bertz CT molecular complexity index is 589. The molecule has 1 saturated carbocycles. The van der Waals surface area contributed by atoms with Crippen LogP contribution in [0.25, 0.3) is 0 Å². The molecule has 2 rings (SSSR count). The van der Waals surface area contributed by atoms with E-state index >= 15 is 0 Å². The third kappa shape index (κ3) is 5.33. The first-order valence-corrected chi connectivity index (χ1v) is 9.54. The second-order valence-electron chi connectivity index (χ2n) is 5.84. The Morgan fingerprint density at radius 3 is 2.41 bits per heavy atom. The van der Waals surface area contributed by atoms with Gasteiger partial charge in [-0.05, 0) is 43.0 Å². The van der Waals surface area contributed by atoms with Crippen molar-refractivity contribution in [2.24, 2.45) is 5.92 Å². The van der Waals surface area contributed by atoms with Gasteiger partial charge in [-0.1, -0.05) is 19.3 Å². The summed E-state index contributed by atoms with van der Waals surface area (Å²) in [5, 5.41) is 2.90. The van der Waals surface area contributed by atoms with Crippen LogP contribution in [0.2, 0.25) is 0 Å². The Morgan fingerprint density at radius 1 is 1.18 bits per heavy atom. The molecule has 0 unspecified atom stereocenters. The SMILES string of the molecule is CS(=O)(=O)c1ccc(OCC(=O)NCC2CCCCC2)cc1. The molecule has 0 spiro atoms. The van der Waals surface area contributed by atoms with Gasteiger partial charge < -0.3 is 10.1 Å². The topological polar surface area (TPSA) is 72.5 Å². The van der Waals surface area contributed by atoms with Crippen molar-refractivity contribution in [1.82, 2.24) is 5.32 Å². The molecule has 1 aliphatic carbocycles. The number of sulfone groups is 1. The number of nitrogens with one attached hydrogen (secondary N) is 1. The van der Waals surface area contributed by atoms with E-state index in [1.807, 2.05) is 0 Å². The molecule has 0 saturated heterocycles. The lowest BCUT2D eigenvalue weighted by atomic mass is 9.89. The van der Waals surface area contributed by atoms with Crippen molar-refractivity contribution >= 4 is 15.7 Å². The number of carbonyl (C=O) groups is 1. The van der Waals surface area contributed by atoms with E-state index in [0.29, 0.717) is 11.7 Å². The van der Waals surface area contributed by atoms with E-state index in [0.717, 1.165) is 12.8 Å². The summed E-state index contributed by atoms with van der Waals surface area (Å²) in [6.45, 7) is 0.667. The molecule has 1 fully saturated rings. The van der Waals surface area contributed by atoms with Crippen LogP contribution in [-0.2, 0) is 14.6 Å².